The molecule has 3 fully saturated rings. The number of piperidine rings is 1. The summed E-state index contributed by atoms with van der Waals surface area (Å²) in [5.74, 6) is 3.24. The molecule has 3 heterocycles. The van der Waals surface area contributed by atoms with E-state index in [1.54, 1.807) is 6.07 Å². The van der Waals surface area contributed by atoms with E-state index in [1.165, 1.54) is 32.5 Å². The van der Waals surface area contributed by atoms with Gasteiger partial charge in [-0.2, -0.15) is 0 Å². The minimum absolute atomic E-state index is 0.444. The van der Waals surface area contributed by atoms with Gasteiger partial charge in [-0.1, -0.05) is 11.6 Å². The first kappa shape index (κ1) is 13.7. The van der Waals surface area contributed by atoms with Crippen LogP contribution in [0.1, 0.15) is 12.8 Å². The van der Waals surface area contributed by atoms with Crippen molar-refractivity contribution in [2.45, 2.75) is 18.9 Å². The van der Waals surface area contributed by atoms with Crippen LogP contribution in [0.4, 0.5) is 5.82 Å². The Morgan fingerprint density at radius 2 is 1.95 bits per heavy atom. The Kier molecular flexibility index (Phi) is 3.73. The first-order valence-corrected chi connectivity index (χ1v) is 8.23. The molecular weight excluding hydrogens is 288 g/mol. The van der Waals surface area contributed by atoms with Crippen molar-refractivity contribution < 1.29 is 4.74 Å². The summed E-state index contributed by atoms with van der Waals surface area (Å²) >= 11 is 5.75. The lowest BCUT2D eigenvalue weighted by Crippen LogP contribution is -2.34. The van der Waals surface area contributed by atoms with Crippen LogP contribution in [0.5, 0.6) is 0 Å². The van der Waals surface area contributed by atoms with Crippen LogP contribution in [0, 0.1) is 17.8 Å². The molecule has 2 saturated heterocycles. The Bertz CT molecular complexity index is 479. The summed E-state index contributed by atoms with van der Waals surface area (Å²) in [5.41, 5.74) is 0. The van der Waals surface area contributed by atoms with E-state index in [1.807, 2.05) is 6.07 Å². The van der Waals surface area contributed by atoms with Crippen molar-refractivity contribution in [3.05, 3.63) is 17.3 Å². The quantitative estimate of drug-likeness (QED) is 0.920. The molecule has 114 valence electrons. The SMILES string of the molecule is Clc1ccc(N[C@@H]2C3CN(CC4CCOCC4)C[C@H]32)nn1. The zero-order chi connectivity index (χ0) is 14.2. The van der Waals surface area contributed by atoms with Crippen molar-refractivity contribution in [2.24, 2.45) is 17.8 Å². The summed E-state index contributed by atoms with van der Waals surface area (Å²) in [4.78, 5) is 2.64. The summed E-state index contributed by atoms with van der Waals surface area (Å²) in [5, 5.41) is 11.9. The number of aromatic nitrogens is 2. The number of hydrogen-bond donors (Lipinski definition) is 1. The third-order valence-electron chi connectivity index (χ3n) is 5.07. The van der Waals surface area contributed by atoms with E-state index in [0.717, 1.165) is 36.8 Å². The molecule has 6 heteroatoms. The fraction of sp³-hybridized carbons (Fsp3) is 0.733. The Morgan fingerprint density at radius 1 is 1.19 bits per heavy atom. The number of fused-ring (bicyclic) bond motifs is 1. The lowest BCUT2D eigenvalue weighted by molar-refractivity contribution is 0.0540. The predicted molar refractivity (Wildman–Crippen MR) is 81.4 cm³/mol. The minimum atomic E-state index is 0.444. The largest absolute Gasteiger partial charge is 0.381 e. The van der Waals surface area contributed by atoms with Crippen molar-refractivity contribution in [3.63, 3.8) is 0 Å². The summed E-state index contributed by atoms with van der Waals surface area (Å²) in [6.45, 7) is 5.60. The van der Waals surface area contributed by atoms with Gasteiger partial charge in [0.05, 0.1) is 0 Å². The smallest absolute Gasteiger partial charge is 0.151 e. The normalized spacial score (nSPS) is 32.9. The third-order valence-corrected chi connectivity index (χ3v) is 5.28. The Morgan fingerprint density at radius 3 is 2.62 bits per heavy atom. The topological polar surface area (TPSA) is 50.3 Å². The predicted octanol–water partition coefficient (Wildman–Crippen LogP) is 1.90. The maximum atomic E-state index is 5.75. The molecule has 1 N–H and O–H groups in total. The summed E-state index contributed by atoms with van der Waals surface area (Å²) < 4.78 is 5.44. The van der Waals surface area contributed by atoms with Crippen LogP contribution in [0.25, 0.3) is 0 Å². The van der Waals surface area contributed by atoms with E-state index in [2.05, 4.69) is 20.4 Å². The van der Waals surface area contributed by atoms with Gasteiger partial charge in [-0.25, -0.2) is 0 Å². The molecule has 1 saturated carbocycles. The van der Waals surface area contributed by atoms with E-state index < -0.39 is 0 Å². The third kappa shape index (κ3) is 3.00. The average molecular weight is 309 g/mol. The molecule has 2 aliphatic heterocycles. The molecule has 3 atom stereocenters. The monoisotopic (exact) mass is 308 g/mol. The highest BCUT2D eigenvalue weighted by molar-refractivity contribution is 6.29. The van der Waals surface area contributed by atoms with E-state index in [-0.39, 0.29) is 0 Å². The van der Waals surface area contributed by atoms with Gasteiger partial charge in [0.25, 0.3) is 0 Å². The van der Waals surface area contributed by atoms with Crippen molar-refractivity contribution in [2.75, 3.05) is 38.2 Å². The van der Waals surface area contributed by atoms with Crippen LogP contribution < -0.4 is 5.32 Å². The van der Waals surface area contributed by atoms with Crippen molar-refractivity contribution in [1.29, 1.82) is 0 Å². The van der Waals surface area contributed by atoms with Gasteiger partial charge in [0, 0.05) is 38.9 Å². The maximum absolute atomic E-state index is 5.75. The number of rotatable bonds is 4. The summed E-state index contributed by atoms with van der Waals surface area (Å²) in [6, 6.07) is 4.27. The van der Waals surface area contributed by atoms with Gasteiger partial charge >= 0.3 is 0 Å². The first-order chi connectivity index (χ1) is 10.3. The average Bonchev–Trinajstić information content (AvgIpc) is 2.94. The van der Waals surface area contributed by atoms with Crippen LogP contribution in [-0.2, 0) is 4.74 Å². The number of nitrogens with one attached hydrogen (secondary N) is 1. The van der Waals surface area contributed by atoms with Gasteiger partial charge in [0.2, 0.25) is 0 Å². The van der Waals surface area contributed by atoms with Gasteiger partial charge in [-0.15, -0.1) is 10.2 Å². The van der Waals surface area contributed by atoms with Gasteiger partial charge in [-0.3, -0.25) is 0 Å². The molecule has 5 nitrogen and oxygen atoms in total. The highest BCUT2D eigenvalue weighted by Gasteiger charge is 2.55. The Balaban J connectivity index is 1.24. The second-order valence-electron chi connectivity index (χ2n) is 6.51. The highest BCUT2D eigenvalue weighted by Crippen LogP contribution is 2.47. The zero-order valence-corrected chi connectivity index (χ0v) is 12.8. The molecule has 0 amide bonds. The molecule has 0 radical (unpaired) electrons. The van der Waals surface area contributed by atoms with Crippen molar-refractivity contribution >= 4 is 17.4 Å². The molecule has 3 aliphatic rings. The Labute approximate surface area is 130 Å². The molecule has 0 spiro atoms. The second-order valence-corrected chi connectivity index (χ2v) is 6.90. The number of halogens is 1. The number of likely N-dealkylation sites (tertiary alicyclic amines) is 1. The molecule has 4 rings (SSSR count). The van der Waals surface area contributed by atoms with E-state index in [9.17, 15) is 0 Å². The zero-order valence-electron chi connectivity index (χ0n) is 12.0. The van der Waals surface area contributed by atoms with E-state index in [4.69, 9.17) is 16.3 Å². The van der Waals surface area contributed by atoms with Gasteiger partial charge < -0.3 is 15.0 Å². The van der Waals surface area contributed by atoms with Crippen LogP contribution in [0.2, 0.25) is 5.15 Å². The molecular formula is C15H21ClN4O. The molecule has 21 heavy (non-hydrogen) atoms. The van der Waals surface area contributed by atoms with E-state index in [0.29, 0.717) is 11.2 Å². The number of ether oxygens (including phenoxy) is 1. The Hall–Kier alpha value is -0.910. The van der Waals surface area contributed by atoms with Gasteiger partial charge in [0.1, 0.15) is 5.82 Å². The van der Waals surface area contributed by atoms with Crippen LogP contribution in [-0.4, -0.2) is 54.0 Å². The number of nitrogens with zero attached hydrogens (tertiary/aromatic N) is 3. The van der Waals surface area contributed by atoms with Crippen LogP contribution in [0.15, 0.2) is 12.1 Å². The number of anilines is 1. The molecule has 1 unspecified atom stereocenters. The molecule has 1 aromatic heterocycles. The lowest BCUT2D eigenvalue weighted by atomic mass is 10.00. The van der Waals surface area contributed by atoms with Crippen molar-refractivity contribution in [3.8, 4) is 0 Å². The summed E-state index contributed by atoms with van der Waals surface area (Å²) in [7, 11) is 0. The molecule has 0 aromatic carbocycles. The molecule has 0 bridgehead atoms. The van der Waals surface area contributed by atoms with Gasteiger partial charge in [-0.05, 0) is 42.7 Å². The molecule has 1 aliphatic carbocycles. The van der Waals surface area contributed by atoms with Crippen LogP contribution >= 0.6 is 11.6 Å². The fourth-order valence-corrected chi connectivity index (χ4v) is 3.94. The minimum Gasteiger partial charge on any atom is -0.381 e. The fourth-order valence-electron chi connectivity index (χ4n) is 3.83. The van der Waals surface area contributed by atoms with E-state index >= 15 is 0 Å². The highest BCUT2D eigenvalue weighted by atomic mass is 35.5. The van der Waals surface area contributed by atoms with Crippen molar-refractivity contribution in [1.82, 2.24) is 15.1 Å². The lowest BCUT2D eigenvalue weighted by Gasteiger charge is -2.28. The second kappa shape index (κ2) is 5.71. The summed E-state index contributed by atoms with van der Waals surface area (Å²) in [6.07, 6.45) is 2.46. The number of hydrogen-bond acceptors (Lipinski definition) is 5. The standard InChI is InChI=1S/C15H21ClN4O/c16-13-1-2-14(19-18-13)17-15-11-8-20(9-12(11)15)7-10-3-5-21-6-4-10/h1-2,10-12,15H,3-9H2,(H,17,19)/t11-,12?,15+/m1/s1. The first-order valence-electron chi connectivity index (χ1n) is 7.85. The van der Waals surface area contributed by atoms with Gasteiger partial charge in [0.15, 0.2) is 5.15 Å². The van der Waals surface area contributed by atoms with Crippen LogP contribution in [0.3, 0.4) is 0 Å². The molecule has 1 aromatic rings. The maximum Gasteiger partial charge on any atom is 0.151 e.